The summed E-state index contributed by atoms with van der Waals surface area (Å²) in [6.45, 7) is 0. The van der Waals surface area contributed by atoms with Crippen LogP contribution in [0.5, 0.6) is 5.75 Å². The van der Waals surface area contributed by atoms with Crippen LogP contribution in [0.1, 0.15) is 0 Å². The third-order valence-electron chi connectivity index (χ3n) is 4.60. The smallest absolute Gasteiger partial charge is 0.294 e. The highest BCUT2D eigenvalue weighted by Crippen LogP contribution is 2.38. The first-order valence-corrected chi connectivity index (χ1v) is 11.6. The fourth-order valence-corrected chi connectivity index (χ4v) is 4.08. The van der Waals surface area contributed by atoms with Gasteiger partial charge in [0.15, 0.2) is 0 Å². The van der Waals surface area contributed by atoms with Crippen molar-refractivity contribution in [3.63, 3.8) is 0 Å². The Hall–Kier alpha value is -3.38. The molecular weight excluding hydrogens is 444 g/mol. The van der Waals surface area contributed by atoms with Crippen molar-refractivity contribution in [3.05, 3.63) is 66.7 Å². The van der Waals surface area contributed by atoms with E-state index in [1.807, 2.05) is 0 Å². The van der Waals surface area contributed by atoms with Crippen molar-refractivity contribution in [1.82, 2.24) is 0 Å². The highest BCUT2D eigenvalue weighted by molar-refractivity contribution is 7.86. The minimum Gasteiger partial charge on any atom is -0.506 e. The third kappa shape index (κ3) is 4.25. The maximum atomic E-state index is 11.4. The number of phenolic OH excluding ortho intramolecular Hbond substituents is 1. The number of hydrogen-bond acceptors (Lipinski definition) is 7. The van der Waals surface area contributed by atoms with Gasteiger partial charge in [0.25, 0.3) is 20.2 Å². The number of nitrogens with zero attached hydrogens (tertiary/aromatic N) is 2. The van der Waals surface area contributed by atoms with Crippen molar-refractivity contribution in [1.29, 1.82) is 0 Å². The van der Waals surface area contributed by atoms with Crippen molar-refractivity contribution in [2.24, 2.45) is 10.2 Å². The molecule has 0 amide bonds. The van der Waals surface area contributed by atoms with E-state index < -0.39 is 20.2 Å². The van der Waals surface area contributed by atoms with Gasteiger partial charge in [-0.2, -0.15) is 21.9 Å². The largest absolute Gasteiger partial charge is 0.506 e. The van der Waals surface area contributed by atoms with E-state index in [1.54, 1.807) is 18.2 Å². The maximum absolute atomic E-state index is 11.4. The molecule has 9 nitrogen and oxygen atoms in total. The summed E-state index contributed by atoms with van der Waals surface area (Å²) in [4.78, 5) is -0.512. The monoisotopic (exact) mass is 458 g/mol. The van der Waals surface area contributed by atoms with Crippen LogP contribution in [0.4, 0.5) is 11.4 Å². The lowest BCUT2D eigenvalue weighted by atomic mass is 10.0. The minimum atomic E-state index is -4.34. The average Bonchev–Trinajstić information content (AvgIpc) is 2.70. The molecule has 0 fully saturated rings. The Kier molecular flexibility index (Phi) is 4.98. The molecule has 0 heterocycles. The molecule has 4 rings (SSSR count). The molecule has 0 radical (unpaired) electrons. The Morgan fingerprint density at radius 1 is 0.613 bits per heavy atom. The molecule has 0 aliphatic heterocycles. The number of hydrogen-bond donors (Lipinski definition) is 3. The number of rotatable bonds is 4. The molecule has 0 bridgehead atoms. The summed E-state index contributed by atoms with van der Waals surface area (Å²) in [6, 6.07) is 15.6. The summed E-state index contributed by atoms with van der Waals surface area (Å²) in [7, 11) is -8.66. The molecule has 0 saturated heterocycles. The van der Waals surface area contributed by atoms with Crippen LogP contribution in [0.3, 0.4) is 0 Å². The van der Waals surface area contributed by atoms with Crippen LogP contribution in [-0.4, -0.2) is 31.0 Å². The molecule has 0 aliphatic rings. The Bertz CT molecular complexity index is 1580. The number of benzene rings is 4. The van der Waals surface area contributed by atoms with Crippen molar-refractivity contribution in [3.8, 4) is 5.75 Å². The summed E-state index contributed by atoms with van der Waals surface area (Å²) < 4.78 is 63.3. The van der Waals surface area contributed by atoms with Crippen molar-refractivity contribution >= 4 is 53.2 Å². The Morgan fingerprint density at radius 3 is 1.87 bits per heavy atom. The summed E-state index contributed by atoms with van der Waals surface area (Å²) in [5.41, 5.74) is 0.458. The quantitative estimate of drug-likeness (QED) is 0.229. The van der Waals surface area contributed by atoms with Gasteiger partial charge in [-0.1, -0.05) is 12.1 Å². The second-order valence-electron chi connectivity index (χ2n) is 6.66. The van der Waals surface area contributed by atoms with Crippen LogP contribution >= 0.6 is 0 Å². The Balaban J connectivity index is 1.81. The first-order valence-electron chi connectivity index (χ1n) is 8.69. The second kappa shape index (κ2) is 7.39. The molecule has 0 atom stereocenters. The molecular formula is C20H14N2O7S2. The van der Waals surface area contributed by atoms with Gasteiger partial charge in [-0.25, -0.2) is 0 Å². The van der Waals surface area contributed by atoms with Crippen LogP contribution in [0.2, 0.25) is 0 Å². The van der Waals surface area contributed by atoms with Gasteiger partial charge in [-0.15, -0.1) is 5.11 Å². The van der Waals surface area contributed by atoms with Gasteiger partial charge in [0.1, 0.15) is 11.4 Å². The molecule has 0 saturated carbocycles. The fraction of sp³-hybridized carbons (Fsp3) is 0. The lowest BCUT2D eigenvalue weighted by Gasteiger charge is -2.07. The SMILES string of the molecule is O=S(=O)(O)c1ccc(N=Nc2c(O)ccc3cc4cc(S(=O)(=O)O)ccc4cc23)cc1. The van der Waals surface area contributed by atoms with E-state index in [1.165, 1.54) is 48.5 Å². The fourth-order valence-electron chi connectivity index (χ4n) is 3.08. The average molecular weight is 458 g/mol. The maximum Gasteiger partial charge on any atom is 0.294 e. The predicted molar refractivity (Wildman–Crippen MR) is 113 cm³/mol. The van der Waals surface area contributed by atoms with E-state index in [4.69, 9.17) is 4.55 Å². The van der Waals surface area contributed by atoms with Gasteiger partial charge in [0.05, 0.1) is 15.5 Å². The van der Waals surface area contributed by atoms with E-state index >= 15 is 0 Å². The summed E-state index contributed by atoms with van der Waals surface area (Å²) in [6.07, 6.45) is 0. The normalized spacial score (nSPS) is 12.7. The topological polar surface area (TPSA) is 154 Å². The van der Waals surface area contributed by atoms with Crippen molar-refractivity contribution in [2.45, 2.75) is 9.79 Å². The molecule has 11 heteroatoms. The van der Waals surface area contributed by atoms with Crippen LogP contribution < -0.4 is 0 Å². The zero-order valence-corrected chi connectivity index (χ0v) is 17.2. The first kappa shape index (κ1) is 20.9. The number of azo groups is 1. The molecule has 0 unspecified atom stereocenters. The standard InChI is InChI=1S/C20H14N2O7S2/c23-19-8-2-13-9-14-10-17(31(27,28)29)5-1-12(14)11-18(13)20(19)22-21-15-3-6-16(7-4-15)30(24,25)26/h1-11,23H,(H,24,25,26)(H,27,28,29). The van der Waals surface area contributed by atoms with Crippen LogP contribution in [0.25, 0.3) is 21.5 Å². The molecule has 0 spiro atoms. The zero-order chi connectivity index (χ0) is 22.4. The highest BCUT2D eigenvalue weighted by atomic mass is 32.2. The van der Waals surface area contributed by atoms with Crippen LogP contribution in [-0.2, 0) is 20.2 Å². The first-order chi connectivity index (χ1) is 14.5. The molecule has 158 valence electrons. The summed E-state index contributed by atoms with van der Waals surface area (Å²) in [5, 5.41) is 20.8. The molecule has 31 heavy (non-hydrogen) atoms. The zero-order valence-electron chi connectivity index (χ0n) is 15.5. The summed E-state index contributed by atoms with van der Waals surface area (Å²) >= 11 is 0. The lowest BCUT2D eigenvalue weighted by molar-refractivity contribution is 0.477. The van der Waals surface area contributed by atoms with Crippen molar-refractivity contribution in [2.75, 3.05) is 0 Å². The lowest BCUT2D eigenvalue weighted by Crippen LogP contribution is -1.97. The van der Waals surface area contributed by atoms with Gasteiger partial charge in [-0.05, 0) is 70.8 Å². The highest BCUT2D eigenvalue weighted by Gasteiger charge is 2.13. The molecule has 4 aromatic rings. The van der Waals surface area contributed by atoms with Crippen LogP contribution in [0.15, 0.2) is 86.7 Å². The predicted octanol–water partition coefficient (Wildman–Crippen LogP) is 4.61. The second-order valence-corrected chi connectivity index (χ2v) is 9.50. The molecule has 4 aromatic carbocycles. The molecule has 0 aromatic heterocycles. The third-order valence-corrected chi connectivity index (χ3v) is 6.31. The Morgan fingerprint density at radius 2 is 1.23 bits per heavy atom. The van der Waals surface area contributed by atoms with E-state index in [2.05, 4.69) is 10.2 Å². The van der Waals surface area contributed by atoms with Gasteiger partial charge >= 0.3 is 0 Å². The number of phenols is 1. The molecule has 3 N–H and O–H groups in total. The minimum absolute atomic E-state index is 0.139. The summed E-state index contributed by atoms with van der Waals surface area (Å²) in [5.74, 6) is -0.139. The van der Waals surface area contributed by atoms with Crippen LogP contribution in [0, 0.1) is 0 Å². The number of aromatic hydroxyl groups is 1. The van der Waals surface area contributed by atoms with E-state index in [-0.39, 0.29) is 21.2 Å². The Labute approximate surface area is 176 Å². The van der Waals surface area contributed by atoms with Crippen molar-refractivity contribution < 1.29 is 31.0 Å². The van der Waals surface area contributed by atoms with E-state index in [0.717, 1.165) is 0 Å². The van der Waals surface area contributed by atoms with E-state index in [0.29, 0.717) is 27.2 Å². The van der Waals surface area contributed by atoms with E-state index in [9.17, 15) is 26.5 Å². The molecule has 0 aliphatic carbocycles. The van der Waals surface area contributed by atoms with Gasteiger partial charge < -0.3 is 5.11 Å². The van der Waals surface area contributed by atoms with Gasteiger partial charge in [-0.3, -0.25) is 9.11 Å². The number of fused-ring (bicyclic) bond motifs is 2. The van der Waals surface area contributed by atoms with Gasteiger partial charge in [0.2, 0.25) is 0 Å². The van der Waals surface area contributed by atoms with Gasteiger partial charge in [0, 0.05) is 5.39 Å².